The minimum Gasteiger partial charge on any atom is -0.502 e. The summed E-state index contributed by atoms with van der Waals surface area (Å²) in [7, 11) is 0. The number of rotatable bonds is 4. The Morgan fingerprint density at radius 3 is 2.71 bits per heavy atom. The zero-order chi connectivity index (χ0) is 24.1. The molecule has 1 atom stereocenters. The topological polar surface area (TPSA) is 91.6 Å². The highest BCUT2D eigenvalue weighted by Crippen LogP contribution is 2.32. The molecule has 1 saturated heterocycles. The van der Waals surface area contributed by atoms with E-state index in [0.717, 1.165) is 42.7 Å². The van der Waals surface area contributed by atoms with Gasteiger partial charge in [-0.1, -0.05) is 17.4 Å². The van der Waals surface area contributed by atoms with Gasteiger partial charge in [0.25, 0.3) is 5.91 Å². The second kappa shape index (κ2) is 8.42. The summed E-state index contributed by atoms with van der Waals surface area (Å²) in [6.07, 6.45) is 3.76. The SMILES string of the molecule is CCN1C(=O)c2c(O)c(=O)c(-c3nnc(Cc4ccc(F)c(F)c4F)s3)cn2N2CCCC[C@@H]12. The van der Waals surface area contributed by atoms with E-state index in [1.165, 1.54) is 10.9 Å². The monoisotopic (exact) mass is 491 g/mol. The highest BCUT2D eigenvalue weighted by atomic mass is 32.1. The van der Waals surface area contributed by atoms with E-state index in [4.69, 9.17) is 0 Å². The van der Waals surface area contributed by atoms with Crippen LogP contribution >= 0.6 is 11.3 Å². The van der Waals surface area contributed by atoms with Crippen LogP contribution in [0.1, 0.15) is 47.2 Å². The molecule has 5 rings (SSSR count). The minimum absolute atomic E-state index is 0.0397. The first-order valence-electron chi connectivity index (χ1n) is 10.8. The number of aromatic nitrogens is 3. The Labute approximate surface area is 195 Å². The molecule has 1 amide bonds. The third kappa shape index (κ3) is 3.44. The van der Waals surface area contributed by atoms with E-state index >= 15 is 0 Å². The van der Waals surface area contributed by atoms with E-state index in [1.807, 2.05) is 11.9 Å². The highest BCUT2D eigenvalue weighted by molar-refractivity contribution is 7.14. The van der Waals surface area contributed by atoms with Crippen LogP contribution < -0.4 is 10.4 Å². The number of carbonyl (C=O) groups is 1. The van der Waals surface area contributed by atoms with E-state index in [9.17, 15) is 27.9 Å². The fourth-order valence-corrected chi connectivity index (χ4v) is 5.40. The molecule has 34 heavy (non-hydrogen) atoms. The quantitative estimate of drug-likeness (QED) is 0.565. The van der Waals surface area contributed by atoms with Crippen molar-refractivity contribution >= 4 is 17.2 Å². The molecule has 0 aliphatic carbocycles. The van der Waals surface area contributed by atoms with Gasteiger partial charge < -0.3 is 10.0 Å². The number of hydrogen-bond donors (Lipinski definition) is 1. The van der Waals surface area contributed by atoms with Crippen molar-refractivity contribution < 1.29 is 23.1 Å². The summed E-state index contributed by atoms with van der Waals surface area (Å²) < 4.78 is 42.3. The number of nitrogens with zero attached hydrogens (tertiary/aromatic N) is 5. The number of benzene rings is 1. The summed E-state index contributed by atoms with van der Waals surface area (Å²) in [5.74, 6) is -5.25. The molecule has 0 unspecified atom stereocenters. The van der Waals surface area contributed by atoms with Crippen molar-refractivity contribution in [1.82, 2.24) is 19.8 Å². The van der Waals surface area contributed by atoms with Gasteiger partial charge in [0.05, 0.1) is 5.56 Å². The molecule has 0 spiro atoms. The molecule has 2 aliphatic rings. The number of aromatic hydroxyl groups is 1. The van der Waals surface area contributed by atoms with Crippen LogP contribution in [-0.4, -0.2) is 50.0 Å². The normalized spacial score (nSPS) is 17.6. The zero-order valence-corrected chi connectivity index (χ0v) is 18.9. The molecule has 0 saturated carbocycles. The molecule has 1 aromatic carbocycles. The van der Waals surface area contributed by atoms with Crippen molar-refractivity contribution in [1.29, 1.82) is 0 Å². The summed E-state index contributed by atoms with van der Waals surface area (Å²) in [6, 6.07) is 1.95. The molecule has 0 radical (unpaired) electrons. The van der Waals surface area contributed by atoms with Crippen molar-refractivity contribution in [2.24, 2.45) is 0 Å². The summed E-state index contributed by atoms with van der Waals surface area (Å²) in [6.45, 7) is 2.93. The van der Waals surface area contributed by atoms with Crippen molar-refractivity contribution in [2.45, 2.75) is 38.8 Å². The van der Waals surface area contributed by atoms with Crippen LogP contribution in [0, 0.1) is 17.5 Å². The lowest BCUT2D eigenvalue weighted by Gasteiger charge is -2.48. The second-order valence-corrected chi connectivity index (χ2v) is 9.22. The van der Waals surface area contributed by atoms with E-state index in [0.29, 0.717) is 13.1 Å². The molecule has 3 aromatic rings. The summed E-state index contributed by atoms with van der Waals surface area (Å²) in [5.41, 5.74) is -0.930. The fourth-order valence-electron chi connectivity index (χ4n) is 4.54. The van der Waals surface area contributed by atoms with Gasteiger partial charge in [-0.3, -0.25) is 19.3 Å². The average molecular weight is 491 g/mol. The molecule has 178 valence electrons. The van der Waals surface area contributed by atoms with Crippen LogP contribution in [0.15, 0.2) is 23.1 Å². The Morgan fingerprint density at radius 1 is 1.15 bits per heavy atom. The van der Waals surface area contributed by atoms with Crippen LogP contribution in [-0.2, 0) is 6.42 Å². The molecule has 12 heteroatoms. The van der Waals surface area contributed by atoms with Crippen LogP contribution in [0.5, 0.6) is 5.75 Å². The lowest BCUT2D eigenvalue weighted by Crippen LogP contribution is -2.62. The third-order valence-corrected chi connectivity index (χ3v) is 7.16. The lowest BCUT2D eigenvalue weighted by atomic mass is 10.1. The first-order valence-corrected chi connectivity index (χ1v) is 11.6. The van der Waals surface area contributed by atoms with E-state index in [2.05, 4.69) is 10.2 Å². The van der Waals surface area contributed by atoms with Gasteiger partial charge in [-0.15, -0.1) is 10.2 Å². The average Bonchev–Trinajstić information content (AvgIpc) is 3.30. The van der Waals surface area contributed by atoms with Crippen molar-refractivity contribution in [2.75, 3.05) is 18.1 Å². The van der Waals surface area contributed by atoms with Gasteiger partial charge in [0.2, 0.25) is 5.43 Å². The van der Waals surface area contributed by atoms with Gasteiger partial charge in [0.15, 0.2) is 33.9 Å². The molecule has 1 N–H and O–H groups in total. The number of hydrogen-bond acceptors (Lipinski definition) is 7. The van der Waals surface area contributed by atoms with Gasteiger partial charge in [-0.2, -0.15) is 0 Å². The molecule has 0 bridgehead atoms. The molecule has 2 aromatic heterocycles. The summed E-state index contributed by atoms with van der Waals surface area (Å²) in [5, 5.41) is 21.0. The van der Waals surface area contributed by atoms with Crippen molar-refractivity contribution in [3.63, 3.8) is 0 Å². The van der Waals surface area contributed by atoms with E-state index < -0.39 is 34.5 Å². The zero-order valence-electron chi connectivity index (χ0n) is 18.1. The van der Waals surface area contributed by atoms with Gasteiger partial charge in [0, 0.05) is 25.7 Å². The minimum atomic E-state index is -1.57. The summed E-state index contributed by atoms with van der Waals surface area (Å²) in [4.78, 5) is 27.7. The Morgan fingerprint density at radius 2 is 1.94 bits per heavy atom. The number of carbonyl (C=O) groups excluding carboxylic acids is 1. The predicted molar refractivity (Wildman–Crippen MR) is 118 cm³/mol. The maximum absolute atomic E-state index is 14.1. The number of pyridine rings is 1. The Kier molecular flexibility index (Phi) is 5.54. The fraction of sp³-hybridized carbons (Fsp3) is 0.364. The molecular weight excluding hydrogens is 471 g/mol. The van der Waals surface area contributed by atoms with Crippen LogP contribution in [0.3, 0.4) is 0 Å². The highest BCUT2D eigenvalue weighted by Gasteiger charge is 2.40. The van der Waals surface area contributed by atoms with Gasteiger partial charge >= 0.3 is 0 Å². The van der Waals surface area contributed by atoms with E-state index in [1.54, 1.807) is 4.90 Å². The second-order valence-electron chi connectivity index (χ2n) is 8.16. The van der Waals surface area contributed by atoms with Crippen LogP contribution in [0.2, 0.25) is 0 Å². The van der Waals surface area contributed by atoms with Gasteiger partial charge in [-0.25, -0.2) is 13.2 Å². The first kappa shape index (κ1) is 22.4. The molecule has 8 nitrogen and oxygen atoms in total. The Balaban J connectivity index is 1.55. The lowest BCUT2D eigenvalue weighted by molar-refractivity contribution is 0.0536. The molecule has 2 aliphatic heterocycles. The number of amides is 1. The van der Waals surface area contributed by atoms with Gasteiger partial charge in [0.1, 0.15) is 11.2 Å². The number of fused-ring (bicyclic) bond motifs is 3. The van der Waals surface area contributed by atoms with Crippen molar-refractivity contribution in [3.8, 4) is 16.3 Å². The Bertz CT molecular complexity index is 1360. The number of halogens is 3. The predicted octanol–water partition coefficient (Wildman–Crippen LogP) is 3.00. The Hall–Kier alpha value is -3.41. The first-order chi connectivity index (χ1) is 16.3. The van der Waals surface area contributed by atoms with Gasteiger partial charge in [-0.05, 0) is 37.8 Å². The van der Waals surface area contributed by atoms with Crippen LogP contribution in [0.25, 0.3) is 10.6 Å². The third-order valence-electron chi connectivity index (χ3n) is 6.20. The molecule has 4 heterocycles. The van der Waals surface area contributed by atoms with Crippen LogP contribution in [0.4, 0.5) is 13.2 Å². The maximum atomic E-state index is 14.1. The molecule has 1 fully saturated rings. The maximum Gasteiger partial charge on any atom is 0.278 e. The standard InChI is InChI=1S/C22H20F3N5O3S/c1-2-28-15-5-3-4-8-29(15)30-10-12(19(31)20(32)18(30)22(28)33)21-27-26-14(34-21)9-11-6-7-13(23)17(25)16(11)24/h6-7,10,15,32H,2-5,8-9H2,1H3/t15-/m0/s1. The largest absolute Gasteiger partial charge is 0.502 e. The smallest absolute Gasteiger partial charge is 0.278 e. The molecular formula is C22H20F3N5O3S. The number of piperidine rings is 1. The van der Waals surface area contributed by atoms with E-state index in [-0.39, 0.29) is 39.4 Å². The van der Waals surface area contributed by atoms with Crippen molar-refractivity contribution in [3.05, 3.63) is 62.3 Å². The summed E-state index contributed by atoms with van der Waals surface area (Å²) >= 11 is 0.965.